The van der Waals surface area contributed by atoms with Crippen LogP contribution in [-0.4, -0.2) is 49.3 Å². The molecule has 1 aromatic carbocycles. The SMILES string of the molecule is C[C@@H]1CN(Cc2ccccc2)C[C@H]1NC(=O)N[C@H](C)C1CCOCC1. The molecule has 5 heteroatoms. The lowest BCUT2D eigenvalue weighted by Gasteiger charge is -2.29. The van der Waals surface area contributed by atoms with Crippen LogP contribution in [0.3, 0.4) is 0 Å². The van der Waals surface area contributed by atoms with Crippen molar-refractivity contribution in [3.8, 4) is 0 Å². The molecule has 0 spiro atoms. The molecule has 3 rings (SSSR count). The molecule has 0 aliphatic carbocycles. The number of carbonyl (C=O) groups is 1. The van der Waals surface area contributed by atoms with Crippen LogP contribution in [0.2, 0.25) is 0 Å². The Morgan fingerprint density at radius 2 is 1.96 bits per heavy atom. The summed E-state index contributed by atoms with van der Waals surface area (Å²) in [5.41, 5.74) is 1.33. The molecular weight excluding hydrogens is 314 g/mol. The van der Waals surface area contributed by atoms with Gasteiger partial charge in [-0.3, -0.25) is 4.90 Å². The lowest BCUT2D eigenvalue weighted by molar-refractivity contribution is 0.0570. The third-order valence-electron chi connectivity index (χ3n) is 5.59. The van der Waals surface area contributed by atoms with E-state index in [-0.39, 0.29) is 18.1 Å². The highest BCUT2D eigenvalue weighted by atomic mass is 16.5. The van der Waals surface area contributed by atoms with E-state index in [9.17, 15) is 4.79 Å². The van der Waals surface area contributed by atoms with Gasteiger partial charge >= 0.3 is 6.03 Å². The van der Waals surface area contributed by atoms with Crippen LogP contribution in [0.15, 0.2) is 30.3 Å². The van der Waals surface area contributed by atoms with Gasteiger partial charge in [0.1, 0.15) is 0 Å². The summed E-state index contributed by atoms with van der Waals surface area (Å²) in [7, 11) is 0. The van der Waals surface area contributed by atoms with Gasteiger partial charge in [-0.05, 0) is 37.2 Å². The number of rotatable bonds is 5. The topological polar surface area (TPSA) is 53.6 Å². The second kappa shape index (κ2) is 8.68. The minimum absolute atomic E-state index is 0.0302. The number of hydrogen-bond donors (Lipinski definition) is 2. The molecule has 2 saturated heterocycles. The predicted octanol–water partition coefficient (Wildman–Crippen LogP) is 2.62. The second-order valence-electron chi connectivity index (χ2n) is 7.62. The number of nitrogens with zero attached hydrogens (tertiary/aromatic N) is 1. The molecule has 0 saturated carbocycles. The fourth-order valence-electron chi connectivity index (χ4n) is 3.98. The smallest absolute Gasteiger partial charge is 0.315 e. The summed E-state index contributed by atoms with van der Waals surface area (Å²) in [6.45, 7) is 8.83. The number of hydrogen-bond acceptors (Lipinski definition) is 3. The fourth-order valence-corrected chi connectivity index (χ4v) is 3.98. The Labute approximate surface area is 151 Å². The molecule has 138 valence electrons. The van der Waals surface area contributed by atoms with Gasteiger partial charge in [-0.25, -0.2) is 4.79 Å². The molecule has 2 aliphatic rings. The first kappa shape index (κ1) is 18.2. The molecule has 1 aromatic rings. The maximum Gasteiger partial charge on any atom is 0.315 e. The van der Waals surface area contributed by atoms with E-state index in [4.69, 9.17) is 4.74 Å². The summed E-state index contributed by atoms with van der Waals surface area (Å²) in [6, 6.07) is 10.9. The molecule has 25 heavy (non-hydrogen) atoms. The van der Waals surface area contributed by atoms with E-state index in [1.54, 1.807) is 0 Å². The van der Waals surface area contributed by atoms with Crippen molar-refractivity contribution in [1.29, 1.82) is 0 Å². The van der Waals surface area contributed by atoms with Gasteiger partial charge in [0.05, 0.1) is 0 Å². The van der Waals surface area contributed by atoms with Crippen molar-refractivity contribution in [2.45, 2.75) is 45.3 Å². The number of amides is 2. The van der Waals surface area contributed by atoms with Crippen molar-refractivity contribution in [3.63, 3.8) is 0 Å². The van der Waals surface area contributed by atoms with Crippen LogP contribution in [0.25, 0.3) is 0 Å². The minimum atomic E-state index is -0.0302. The predicted molar refractivity (Wildman–Crippen MR) is 99.3 cm³/mol. The molecule has 0 radical (unpaired) electrons. The molecule has 2 fully saturated rings. The normalized spacial score (nSPS) is 26.3. The van der Waals surface area contributed by atoms with Gasteiger partial charge in [0.2, 0.25) is 0 Å². The van der Waals surface area contributed by atoms with E-state index in [2.05, 4.69) is 53.6 Å². The Balaban J connectivity index is 1.44. The van der Waals surface area contributed by atoms with Crippen molar-refractivity contribution >= 4 is 6.03 Å². The maximum absolute atomic E-state index is 12.4. The molecule has 5 nitrogen and oxygen atoms in total. The number of carbonyl (C=O) groups excluding carboxylic acids is 1. The molecular formula is C20H31N3O2. The Morgan fingerprint density at radius 1 is 1.24 bits per heavy atom. The second-order valence-corrected chi connectivity index (χ2v) is 7.62. The first-order chi connectivity index (χ1) is 12.1. The summed E-state index contributed by atoms with van der Waals surface area (Å²) in [6.07, 6.45) is 2.07. The quantitative estimate of drug-likeness (QED) is 0.862. The first-order valence-corrected chi connectivity index (χ1v) is 9.53. The minimum Gasteiger partial charge on any atom is -0.381 e. The molecule has 3 atom stereocenters. The van der Waals surface area contributed by atoms with E-state index in [0.717, 1.165) is 45.7 Å². The lowest BCUT2D eigenvalue weighted by Crippen LogP contribution is -2.50. The molecule has 2 N–H and O–H groups in total. The van der Waals surface area contributed by atoms with E-state index in [1.807, 2.05) is 6.07 Å². The van der Waals surface area contributed by atoms with E-state index in [0.29, 0.717) is 11.8 Å². The summed E-state index contributed by atoms with van der Waals surface area (Å²) in [5.74, 6) is 0.989. The summed E-state index contributed by atoms with van der Waals surface area (Å²) >= 11 is 0. The summed E-state index contributed by atoms with van der Waals surface area (Å²) in [5, 5.41) is 6.33. The Kier molecular flexibility index (Phi) is 6.32. The van der Waals surface area contributed by atoms with Crippen LogP contribution in [0.4, 0.5) is 4.79 Å². The molecule has 0 unspecified atom stereocenters. The van der Waals surface area contributed by atoms with Crippen molar-refractivity contribution in [2.24, 2.45) is 11.8 Å². The largest absolute Gasteiger partial charge is 0.381 e. The van der Waals surface area contributed by atoms with Gasteiger partial charge in [0.25, 0.3) is 0 Å². The first-order valence-electron chi connectivity index (χ1n) is 9.53. The highest BCUT2D eigenvalue weighted by molar-refractivity contribution is 5.74. The van der Waals surface area contributed by atoms with Crippen molar-refractivity contribution < 1.29 is 9.53 Å². The van der Waals surface area contributed by atoms with Crippen LogP contribution in [0, 0.1) is 11.8 Å². The van der Waals surface area contributed by atoms with Crippen molar-refractivity contribution in [3.05, 3.63) is 35.9 Å². The molecule has 2 heterocycles. The lowest BCUT2D eigenvalue weighted by atomic mass is 9.93. The van der Waals surface area contributed by atoms with Gasteiger partial charge < -0.3 is 15.4 Å². The zero-order valence-corrected chi connectivity index (χ0v) is 15.4. The van der Waals surface area contributed by atoms with E-state index >= 15 is 0 Å². The summed E-state index contributed by atoms with van der Waals surface area (Å²) in [4.78, 5) is 14.8. The third kappa shape index (κ3) is 5.19. The molecule has 2 amide bonds. The average Bonchev–Trinajstić information content (AvgIpc) is 2.95. The van der Waals surface area contributed by atoms with Gasteiger partial charge in [-0.15, -0.1) is 0 Å². The van der Waals surface area contributed by atoms with Gasteiger partial charge in [0.15, 0.2) is 0 Å². The van der Waals surface area contributed by atoms with Crippen molar-refractivity contribution in [1.82, 2.24) is 15.5 Å². The van der Waals surface area contributed by atoms with Gasteiger partial charge in [-0.1, -0.05) is 37.3 Å². The van der Waals surface area contributed by atoms with Crippen molar-refractivity contribution in [2.75, 3.05) is 26.3 Å². The zero-order valence-electron chi connectivity index (χ0n) is 15.4. The highest BCUT2D eigenvalue weighted by Crippen LogP contribution is 2.20. The van der Waals surface area contributed by atoms with Crippen LogP contribution in [-0.2, 0) is 11.3 Å². The monoisotopic (exact) mass is 345 g/mol. The zero-order chi connectivity index (χ0) is 17.6. The van der Waals surface area contributed by atoms with Crippen LogP contribution >= 0.6 is 0 Å². The number of urea groups is 1. The van der Waals surface area contributed by atoms with Crippen LogP contribution in [0.1, 0.15) is 32.3 Å². The number of ether oxygens (including phenoxy) is 1. The average molecular weight is 345 g/mol. The number of nitrogens with one attached hydrogen (secondary N) is 2. The van der Waals surface area contributed by atoms with E-state index < -0.39 is 0 Å². The standard InChI is InChI=1S/C20H31N3O2/c1-15-12-23(13-17-6-4-3-5-7-17)14-19(15)22-20(24)21-16(2)18-8-10-25-11-9-18/h3-7,15-16,18-19H,8-14H2,1-2H3,(H2,21,22,24)/t15-,16-,19-/m1/s1. The van der Waals surface area contributed by atoms with Crippen LogP contribution in [0.5, 0.6) is 0 Å². The van der Waals surface area contributed by atoms with Gasteiger partial charge in [-0.2, -0.15) is 0 Å². The van der Waals surface area contributed by atoms with Gasteiger partial charge in [0, 0.05) is 44.9 Å². The molecule has 2 aliphatic heterocycles. The summed E-state index contributed by atoms with van der Waals surface area (Å²) < 4.78 is 5.40. The van der Waals surface area contributed by atoms with Crippen LogP contribution < -0.4 is 10.6 Å². The molecule has 0 aromatic heterocycles. The Hall–Kier alpha value is -1.59. The molecule has 0 bridgehead atoms. The Bertz CT molecular complexity index is 545. The number of benzene rings is 1. The number of likely N-dealkylation sites (tertiary alicyclic amines) is 1. The maximum atomic E-state index is 12.4. The third-order valence-corrected chi connectivity index (χ3v) is 5.59. The van der Waals surface area contributed by atoms with E-state index in [1.165, 1.54) is 5.56 Å². The highest BCUT2D eigenvalue weighted by Gasteiger charge is 2.31. The fraction of sp³-hybridized carbons (Fsp3) is 0.650. The Morgan fingerprint density at radius 3 is 2.68 bits per heavy atom.